The van der Waals surface area contributed by atoms with Gasteiger partial charge in [0.2, 0.25) is 5.95 Å². The van der Waals surface area contributed by atoms with Gasteiger partial charge in [-0.3, -0.25) is 4.57 Å². The van der Waals surface area contributed by atoms with Crippen LogP contribution in [0.3, 0.4) is 0 Å². The van der Waals surface area contributed by atoms with Crippen molar-refractivity contribution in [3.05, 3.63) is 97.6 Å². The summed E-state index contributed by atoms with van der Waals surface area (Å²) in [5.41, 5.74) is 4.41. The Morgan fingerprint density at radius 2 is 1.88 bits per heavy atom. The number of imidazole rings is 1. The molecular weight excluding hydrogens is 538 g/mol. The maximum atomic E-state index is 13.2. The number of benzene rings is 3. The minimum absolute atomic E-state index is 0.0403. The van der Waals surface area contributed by atoms with Crippen molar-refractivity contribution >= 4 is 39.5 Å². The van der Waals surface area contributed by atoms with E-state index in [2.05, 4.69) is 42.9 Å². The highest BCUT2D eigenvalue weighted by Gasteiger charge is 2.24. The first kappa shape index (κ1) is 26.5. The van der Waals surface area contributed by atoms with Gasteiger partial charge in [-0.05, 0) is 67.0 Å². The lowest BCUT2D eigenvalue weighted by Gasteiger charge is -2.33. The number of hydrogen-bond donors (Lipinski definition) is 2. The number of carbonyl (C=O) groups is 1. The van der Waals surface area contributed by atoms with Crippen LogP contribution in [0.25, 0.3) is 38.9 Å². The van der Waals surface area contributed by atoms with Crippen molar-refractivity contribution in [1.82, 2.24) is 34.6 Å². The molecule has 1 aliphatic rings. The van der Waals surface area contributed by atoms with E-state index in [9.17, 15) is 4.79 Å². The fraction of sp³-hybridized carbons (Fsp3) is 0.212. The van der Waals surface area contributed by atoms with Crippen LogP contribution < -0.4 is 10.6 Å². The molecule has 1 atom stereocenters. The van der Waals surface area contributed by atoms with Crippen LogP contribution in [-0.2, 0) is 0 Å². The zero-order chi connectivity index (χ0) is 29.0. The predicted molar refractivity (Wildman–Crippen MR) is 168 cm³/mol. The Kier molecular flexibility index (Phi) is 7.31. The largest absolute Gasteiger partial charge is 0.354 e. The number of carbonyl (C=O) groups excluding carboxylic acids is 1. The summed E-state index contributed by atoms with van der Waals surface area (Å²) in [6.07, 6.45) is 8.20. The molecule has 1 fully saturated rings. The molecule has 10 nitrogen and oxygen atoms in total. The molecule has 3 aromatic heterocycles. The van der Waals surface area contributed by atoms with E-state index in [1.165, 1.54) is 0 Å². The number of hydrogen-bond acceptors (Lipinski definition) is 7. The van der Waals surface area contributed by atoms with E-state index < -0.39 is 0 Å². The Bertz CT molecular complexity index is 1880. The molecule has 0 spiro atoms. The highest BCUT2D eigenvalue weighted by molar-refractivity contribution is 6.01. The molecular formula is C33H31N9O. The number of anilines is 2. The molecule has 0 saturated carbocycles. The number of likely N-dealkylation sites (tertiary alicyclic amines) is 1. The van der Waals surface area contributed by atoms with Crippen molar-refractivity contribution in [1.29, 1.82) is 0 Å². The number of fused-ring (bicyclic) bond motifs is 2. The summed E-state index contributed by atoms with van der Waals surface area (Å²) in [4.78, 5) is 28.9. The molecule has 10 heteroatoms. The SMILES string of the molecule is O=C(Nc1cccc2ccccc12)N1CCCC(CCNc2nccc(-n3cnc4cc(-c5cccnn5)ccc43)n2)C1. The van der Waals surface area contributed by atoms with Crippen LogP contribution in [0, 0.1) is 5.92 Å². The maximum absolute atomic E-state index is 13.2. The monoisotopic (exact) mass is 569 g/mol. The lowest BCUT2D eigenvalue weighted by atomic mass is 9.95. The molecule has 2 amide bonds. The number of aromatic nitrogens is 6. The first-order chi connectivity index (χ1) is 21.2. The fourth-order valence-electron chi connectivity index (χ4n) is 5.78. The Morgan fingerprint density at radius 3 is 2.81 bits per heavy atom. The van der Waals surface area contributed by atoms with Crippen molar-refractivity contribution < 1.29 is 4.79 Å². The van der Waals surface area contributed by atoms with Gasteiger partial charge in [0, 0.05) is 43.0 Å². The first-order valence-corrected chi connectivity index (χ1v) is 14.6. The molecule has 1 unspecified atom stereocenters. The number of nitrogens with zero attached hydrogens (tertiary/aromatic N) is 7. The summed E-state index contributed by atoms with van der Waals surface area (Å²) < 4.78 is 1.95. The van der Waals surface area contributed by atoms with E-state index in [-0.39, 0.29) is 6.03 Å². The van der Waals surface area contributed by atoms with Gasteiger partial charge >= 0.3 is 6.03 Å². The minimum atomic E-state index is -0.0403. The molecule has 0 radical (unpaired) electrons. The highest BCUT2D eigenvalue weighted by Crippen LogP contribution is 2.26. The number of urea groups is 1. The maximum Gasteiger partial charge on any atom is 0.321 e. The molecule has 4 heterocycles. The van der Waals surface area contributed by atoms with Crippen molar-refractivity contribution in [2.75, 3.05) is 30.3 Å². The molecule has 0 bridgehead atoms. The van der Waals surface area contributed by atoms with Gasteiger partial charge < -0.3 is 15.5 Å². The van der Waals surface area contributed by atoms with Gasteiger partial charge in [0.05, 0.1) is 22.4 Å². The van der Waals surface area contributed by atoms with Crippen molar-refractivity contribution in [3.8, 4) is 17.1 Å². The third-order valence-corrected chi connectivity index (χ3v) is 7.98. The Labute approximate surface area is 248 Å². The van der Waals surface area contributed by atoms with Crippen molar-refractivity contribution in [2.24, 2.45) is 5.92 Å². The van der Waals surface area contributed by atoms with Gasteiger partial charge in [-0.1, -0.05) is 42.5 Å². The van der Waals surface area contributed by atoms with Crippen molar-refractivity contribution in [2.45, 2.75) is 19.3 Å². The zero-order valence-corrected chi connectivity index (χ0v) is 23.6. The summed E-state index contributed by atoms with van der Waals surface area (Å²) in [7, 11) is 0. The topological polar surface area (TPSA) is 114 Å². The van der Waals surface area contributed by atoms with Gasteiger partial charge in [0.15, 0.2) is 0 Å². The molecule has 6 aromatic rings. The molecule has 1 saturated heterocycles. The van der Waals surface area contributed by atoms with Crippen LogP contribution in [0.1, 0.15) is 19.3 Å². The van der Waals surface area contributed by atoms with Gasteiger partial charge in [-0.25, -0.2) is 14.8 Å². The average molecular weight is 570 g/mol. The van der Waals surface area contributed by atoms with Crippen LogP contribution >= 0.6 is 0 Å². The number of amides is 2. The van der Waals surface area contributed by atoms with Crippen LogP contribution in [-0.4, -0.2) is 60.3 Å². The lowest BCUT2D eigenvalue weighted by molar-refractivity contribution is 0.175. The van der Waals surface area contributed by atoms with E-state index in [1.807, 2.05) is 76.2 Å². The van der Waals surface area contributed by atoms with Gasteiger partial charge in [-0.15, -0.1) is 0 Å². The van der Waals surface area contributed by atoms with E-state index in [1.54, 1.807) is 18.7 Å². The second-order valence-corrected chi connectivity index (χ2v) is 10.8. The quantitative estimate of drug-likeness (QED) is 0.236. The van der Waals surface area contributed by atoms with E-state index in [0.717, 1.165) is 83.5 Å². The summed E-state index contributed by atoms with van der Waals surface area (Å²) in [5.74, 6) is 1.71. The van der Waals surface area contributed by atoms with E-state index in [4.69, 9.17) is 4.98 Å². The second kappa shape index (κ2) is 11.8. The molecule has 0 aliphatic carbocycles. The van der Waals surface area contributed by atoms with Crippen LogP contribution in [0.4, 0.5) is 16.4 Å². The fourth-order valence-corrected chi connectivity index (χ4v) is 5.78. The van der Waals surface area contributed by atoms with Crippen LogP contribution in [0.15, 0.2) is 97.6 Å². The predicted octanol–water partition coefficient (Wildman–Crippen LogP) is 6.17. The number of piperidine rings is 1. The molecule has 43 heavy (non-hydrogen) atoms. The minimum Gasteiger partial charge on any atom is -0.354 e. The molecule has 7 rings (SSSR count). The normalized spacial score (nSPS) is 15.1. The Morgan fingerprint density at radius 1 is 0.953 bits per heavy atom. The first-order valence-electron chi connectivity index (χ1n) is 14.6. The second-order valence-electron chi connectivity index (χ2n) is 10.8. The Balaban J connectivity index is 0.966. The van der Waals surface area contributed by atoms with Gasteiger partial charge in [-0.2, -0.15) is 15.2 Å². The van der Waals surface area contributed by atoms with Gasteiger partial charge in [0.25, 0.3) is 0 Å². The molecule has 2 N–H and O–H groups in total. The summed E-state index contributed by atoms with van der Waals surface area (Å²) in [5, 5.41) is 16.9. The summed E-state index contributed by atoms with van der Waals surface area (Å²) in [6, 6.07) is 25.8. The van der Waals surface area contributed by atoms with Crippen LogP contribution in [0.2, 0.25) is 0 Å². The highest BCUT2D eigenvalue weighted by atomic mass is 16.2. The number of nitrogens with one attached hydrogen (secondary N) is 2. The van der Waals surface area contributed by atoms with Crippen molar-refractivity contribution in [3.63, 3.8) is 0 Å². The summed E-state index contributed by atoms with van der Waals surface area (Å²) in [6.45, 7) is 2.22. The average Bonchev–Trinajstić information content (AvgIpc) is 3.49. The third kappa shape index (κ3) is 5.72. The molecule has 3 aromatic carbocycles. The zero-order valence-electron chi connectivity index (χ0n) is 23.6. The number of rotatable bonds is 7. The Hall–Kier alpha value is -5.38. The van der Waals surface area contributed by atoms with E-state index in [0.29, 0.717) is 11.9 Å². The third-order valence-electron chi connectivity index (χ3n) is 7.98. The molecule has 1 aliphatic heterocycles. The van der Waals surface area contributed by atoms with Crippen LogP contribution in [0.5, 0.6) is 0 Å². The molecule has 214 valence electrons. The lowest BCUT2D eigenvalue weighted by Crippen LogP contribution is -2.42. The summed E-state index contributed by atoms with van der Waals surface area (Å²) >= 11 is 0. The van der Waals surface area contributed by atoms with Gasteiger partial charge in [0.1, 0.15) is 12.1 Å². The van der Waals surface area contributed by atoms with E-state index >= 15 is 0 Å². The standard InChI is InChI=1S/C33H31N9O/c43-33(38-28-10-3-8-24-7-1-2-9-26(24)28)41-19-5-6-23(21-41)14-17-34-32-35-18-15-31(39-32)42-22-36-29-20-25(12-13-30(29)42)27-11-4-16-37-40-27/h1-4,7-13,15-16,18,20,22-23H,5-6,14,17,19,21H2,(H,38,43)(H,34,35,39). The smallest absolute Gasteiger partial charge is 0.321 e.